The zero-order valence-electron chi connectivity index (χ0n) is 14.0. The Morgan fingerprint density at radius 3 is 2.74 bits per heavy atom. The highest BCUT2D eigenvalue weighted by Crippen LogP contribution is 2.53. The molecule has 7 nitrogen and oxygen atoms in total. The minimum absolute atomic E-state index is 0.0860. The maximum Gasteiger partial charge on any atom is 0.357 e. The summed E-state index contributed by atoms with van der Waals surface area (Å²) in [6.45, 7) is 0.115. The molecule has 1 fully saturated rings. The van der Waals surface area contributed by atoms with Gasteiger partial charge in [-0.15, -0.1) is 28.3 Å². The van der Waals surface area contributed by atoms with Gasteiger partial charge in [-0.2, -0.15) is 4.68 Å². The smallest absolute Gasteiger partial charge is 0.357 e. The van der Waals surface area contributed by atoms with Gasteiger partial charge >= 0.3 is 5.97 Å². The number of nitrogens with zero attached hydrogens (tertiary/aromatic N) is 4. The van der Waals surface area contributed by atoms with Crippen LogP contribution in [-0.2, 0) is 9.53 Å². The lowest BCUT2D eigenvalue weighted by atomic mass is 10.2. The van der Waals surface area contributed by atoms with Gasteiger partial charge in [0.05, 0.1) is 12.9 Å². The highest BCUT2D eigenvalue weighted by molar-refractivity contribution is 6.50. The number of halogens is 2. The molecule has 2 aromatic heterocycles. The van der Waals surface area contributed by atoms with Crippen molar-refractivity contribution >= 4 is 40.9 Å². The molecule has 0 bridgehead atoms. The number of ether oxygens (including phenoxy) is 1. The molecule has 4 rings (SSSR count). The number of carbonyl (C=O) groups excluding carboxylic acids is 1. The fourth-order valence-corrected chi connectivity index (χ4v) is 3.03. The Balaban J connectivity index is 1.65. The maximum absolute atomic E-state index is 12.8. The molecule has 0 amide bonds. The number of alkyl halides is 2. The molecule has 1 atom stereocenters. The Hall–Kier alpha value is -2.64. The molecule has 0 unspecified atom stereocenters. The second-order valence-electron chi connectivity index (χ2n) is 6.09. The molecule has 27 heavy (non-hydrogen) atoms. The molecule has 1 aromatic carbocycles. The van der Waals surface area contributed by atoms with Crippen molar-refractivity contribution in [3.63, 3.8) is 0 Å². The van der Waals surface area contributed by atoms with Crippen LogP contribution >= 0.6 is 23.2 Å². The van der Waals surface area contributed by atoms with E-state index in [9.17, 15) is 4.79 Å². The number of furan rings is 1. The summed E-state index contributed by atoms with van der Waals surface area (Å²) in [6.07, 6.45) is 3.61. The van der Waals surface area contributed by atoms with Crippen molar-refractivity contribution in [1.29, 1.82) is 0 Å². The number of rotatable bonds is 6. The van der Waals surface area contributed by atoms with Crippen molar-refractivity contribution in [2.24, 2.45) is 5.92 Å². The van der Waals surface area contributed by atoms with E-state index >= 15 is 0 Å². The summed E-state index contributed by atoms with van der Waals surface area (Å²) < 4.78 is 11.2. The van der Waals surface area contributed by atoms with Crippen LogP contribution in [0.4, 0.5) is 0 Å². The third-order valence-electron chi connectivity index (χ3n) is 4.13. The van der Waals surface area contributed by atoms with Gasteiger partial charge in [-0.25, -0.2) is 4.79 Å². The molecule has 1 aliphatic rings. The van der Waals surface area contributed by atoms with E-state index in [0.717, 1.165) is 5.56 Å². The first kappa shape index (κ1) is 17.8. The van der Waals surface area contributed by atoms with Crippen LogP contribution in [0, 0.1) is 5.92 Å². The van der Waals surface area contributed by atoms with E-state index < -0.39 is 10.3 Å². The van der Waals surface area contributed by atoms with Gasteiger partial charge in [0.1, 0.15) is 10.1 Å². The van der Waals surface area contributed by atoms with Crippen LogP contribution < -0.4 is 0 Å². The van der Waals surface area contributed by atoms with Crippen LogP contribution in [0.1, 0.15) is 12.2 Å². The lowest BCUT2D eigenvalue weighted by molar-refractivity contribution is -0.137. The number of aromatic nitrogens is 4. The van der Waals surface area contributed by atoms with E-state index in [1.54, 1.807) is 12.1 Å². The third kappa shape index (κ3) is 3.89. The molecule has 0 aliphatic heterocycles. The minimum atomic E-state index is -0.824. The maximum atomic E-state index is 12.8. The molecule has 1 saturated carbocycles. The molecular formula is C18H14Cl2N4O3. The first-order valence-corrected chi connectivity index (χ1v) is 8.94. The van der Waals surface area contributed by atoms with Crippen LogP contribution in [-0.4, -0.2) is 37.1 Å². The van der Waals surface area contributed by atoms with Gasteiger partial charge in [0.2, 0.25) is 0 Å². The summed E-state index contributed by atoms with van der Waals surface area (Å²) >= 11 is 12.0. The Kier molecular flexibility index (Phi) is 4.72. The quantitative estimate of drug-likeness (QED) is 0.354. The number of hydrogen-bond acceptors (Lipinski definition) is 6. The second-order valence-corrected chi connectivity index (χ2v) is 7.63. The van der Waals surface area contributed by atoms with E-state index in [-0.39, 0.29) is 18.2 Å². The molecule has 138 valence electrons. The van der Waals surface area contributed by atoms with E-state index in [1.807, 2.05) is 30.3 Å². The van der Waals surface area contributed by atoms with Crippen LogP contribution in [0.15, 0.2) is 53.1 Å². The predicted molar refractivity (Wildman–Crippen MR) is 99.6 cm³/mol. The number of esters is 1. The monoisotopic (exact) mass is 404 g/mol. The van der Waals surface area contributed by atoms with Crippen LogP contribution in [0.5, 0.6) is 0 Å². The number of benzene rings is 1. The normalized spacial score (nSPS) is 18.3. The largest absolute Gasteiger partial charge is 0.465 e. The van der Waals surface area contributed by atoms with E-state index in [2.05, 4.69) is 15.5 Å². The molecule has 3 aromatic rings. The van der Waals surface area contributed by atoms with E-state index in [4.69, 9.17) is 32.4 Å². The van der Waals surface area contributed by atoms with Crippen molar-refractivity contribution in [3.8, 4) is 11.4 Å². The summed E-state index contributed by atoms with van der Waals surface area (Å²) in [7, 11) is 0. The van der Waals surface area contributed by atoms with Crippen LogP contribution in [0.25, 0.3) is 23.2 Å². The van der Waals surface area contributed by atoms with Gasteiger partial charge in [-0.3, -0.25) is 0 Å². The summed E-state index contributed by atoms with van der Waals surface area (Å²) in [5.41, 5.74) is 0.868. The average Bonchev–Trinajstić information content (AvgIpc) is 3.11. The van der Waals surface area contributed by atoms with Crippen molar-refractivity contribution in [1.82, 2.24) is 20.2 Å². The molecule has 0 N–H and O–H groups in total. The van der Waals surface area contributed by atoms with Gasteiger partial charge in [0, 0.05) is 17.6 Å². The van der Waals surface area contributed by atoms with E-state index in [1.165, 1.54) is 17.0 Å². The zero-order chi connectivity index (χ0) is 18.9. The van der Waals surface area contributed by atoms with Gasteiger partial charge in [-0.1, -0.05) is 30.3 Å². The summed E-state index contributed by atoms with van der Waals surface area (Å²) in [4.78, 5) is 12.8. The van der Waals surface area contributed by atoms with Gasteiger partial charge in [0.25, 0.3) is 0 Å². The number of carbonyl (C=O) groups is 1. The van der Waals surface area contributed by atoms with Crippen molar-refractivity contribution in [3.05, 3.63) is 54.5 Å². The molecule has 1 aliphatic carbocycles. The SMILES string of the molecule is O=C(OC[C@@H]1CC1(Cl)Cl)/C(=C/c1ccco1)n1nnnc1-c1ccccc1. The Labute approximate surface area is 164 Å². The van der Waals surface area contributed by atoms with Gasteiger partial charge in [-0.05, 0) is 29.0 Å². The van der Waals surface area contributed by atoms with Crippen LogP contribution in [0.3, 0.4) is 0 Å². The Morgan fingerprint density at radius 2 is 2.07 bits per heavy atom. The summed E-state index contributed by atoms with van der Waals surface area (Å²) in [5.74, 6) is 0.178. The Morgan fingerprint density at radius 1 is 1.30 bits per heavy atom. The van der Waals surface area contributed by atoms with Crippen molar-refractivity contribution in [2.75, 3.05) is 6.61 Å². The lowest BCUT2D eigenvalue weighted by Gasteiger charge is -2.10. The molecule has 0 saturated heterocycles. The first-order valence-electron chi connectivity index (χ1n) is 8.19. The summed E-state index contributed by atoms with van der Waals surface area (Å²) in [6, 6.07) is 12.7. The van der Waals surface area contributed by atoms with E-state index in [0.29, 0.717) is 18.0 Å². The average molecular weight is 405 g/mol. The minimum Gasteiger partial charge on any atom is -0.465 e. The van der Waals surface area contributed by atoms with Gasteiger partial charge < -0.3 is 9.15 Å². The third-order valence-corrected chi connectivity index (χ3v) is 5.06. The Bertz CT molecular complexity index is 968. The van der Waals surface area contributed by atoms with Crippen molar-refractivity contribution < 1.29 is 13.9 Å². The molecule has 9 heteroatoms. The molecular weight excluding hydrogens is 391 g/mol. The standard InChI is InChI=1S/C18H14Cl2N4O3/c19-18(20)10-13(18)11-27-17(25)15(9-14-7-4-8-26-14)24-16(21-22-23-24)12-5-2-1-3-6-12/h1-9,13H,10-11H2/b15-9-/t13-/m0/s1. The summed E-state index contributed by atoms with van der Waals surface area (Å²) in [5, 5.41) is 11.7. The number of tetrazole rings is 1. The number of hydrogen-bond donors (Lipinski definition) is 0. The van der Waals surface area contributed by atoms with Crippen LogP contribution in [0.2, 0.25) is 0 Å². The lowest BCUT2D eigenvalue weighted by Crippen LogP contribution is -2.16. The molecule has 0 spiro atoms. The topological polar surface area (TPSA) is 83.0 Å². The highest BCUT2D eigenvalue weighted by Gasteiger charge is 2.52. The first-order chi connectivity index (χ1) is 13.0. The molecule has 0 radical (unpaired) electrons. The predicted octanol–water partition coefficient (Wildman–Crippen LogP) is 3.67. The van der Waals surface area contributed by atoms with Gasteiger partial charge in [0.15, 0.2) is 11.5 Å². The molecule has 2 heterocycles. The highest BCUT2D eigenvalue weighted by atomic mass is 35.5. The zero-order valence-corrected chi connectivity index (χ0v) is 15.5. The van der Waals surface area contributed by atoms with Crippen molar-refractivity contribution in [2.45, 2.75) is 10.8 Å². The fourth-order valence-electron chi connectivity index (χ4n) is 2.53. The fraction of sp³-hybridized carbons (Fsp3) is 0.222. The second kappa shape index (κ2) is 7.17.